The van der Waals surface area contributed by atoms with E-state index >= 15 is 0 Å². The van der Waals surface area contributed by atoms with Crippen molar-refractivity contribution in [2.75, 3.05) is 6.54 Å². The van der Waals surface area contributed by atoms with Crippen LogP contribution in [0, 0.1) is 18.6 Å². The predicted octanol–water partition coefficient (Wildman–Crippen LogP) is 4.56. The van der Waals surface area contributed by atoms with Crippen LogP contribution in [0.1, 0.15) is 36.1 Å². The minimum Gasteiger partial charge on any atom is -0.310 e. The summed E-state index contributed by atoms with van der Waals surface area (Å²) in [6, 6.07) is 11.8. The minimum absolute atomic E-state index is 0.146. The van der Waals surface area contributed by atoms with E-state index in [0.717, 1.165) is 6.42 Å². The molecule has 21 heavy (non-hydrogen) atoms. The molecule has 0 aliphatic carbocycles. The largest absolute Gasteiger partial charge is 0.310 e. The Hall–Kier alpha value is -1.74. The van der Waals surface area contributed by atoms with Gasteiger partial charge in [-0.05, 0) is 49.6 Å². The van der Waals surface area contributed by atoms with Gasteiger partial charge in [0.05, 0.1) is 0 Å². The monoisotopic (exact) mass is 289 g/mol. The van der Waals surface area contributed by atoms with Crippen LogP contribution in [0.3, 0.4) is 0 Å². The maximum absolute atomic E-state index is 13.9. The maximum Gasteiger partial charge on any atom is 0.130 e. The molecule has 0 heterocycles. The number of hydrogen-bond donors (Lipinski definition) is 1. The minimum atomic E-state index is -0.481. The molecule has 1 unspecified atom stereocenters. The molecular formula is C18H21F2N. The molecule has 3 heteroatoms. The molecule has 0 spiro atoms. The van der Waals surface area contributed by atoms with Gasteiger partial charge in [0.15, 0.2) is 0 Å². The van der Waals surface area contributed by atoms with Crippen molar-refractivity contribution in [3.63, 3.8) is 0 Å². The van der Waals surface area contributed by atoms with Gasteiger partial charge in [-0.25, -0.2) is 8.78 Å². The van der Waals surface area contributed by atoms with Crippen molar-refractivity contribution in [2.45, 2.75) is 32.7 Å². The van der Waals surface area contributed by atoms with Gasteiger partial charge in [-0.1, -0.05) is 37.3 Å². The molecule has 0 amide bonds. The molecule has 1 N–H and O–H groups in total. The van der Waals surface area contributed by atoms with Crippen LogP contribution in [0.15, 0.2) is 42.5 Å². The molecule has 0 saturated heterocycles. The van der Waals surface area contributed by atoms with Gasteiger partial charge in [0.1, 0.15) is 11.6 Å². The second kappa shape index (κ2) is 7.32. The van der Waals surface area contributed by atoms with Gasteiger partial charge in [0.25, 0.3) is 0 Å². The second-order valence-corrected chi connectivity index (χ2v) is 5.21. The van der Waals surface area contributed by atoms with Crippen LogP contribution in [0.25, 0.3) is 0 Å². The molecule has 0 aliphatic heterocycles. The Labute approximate surface area is 125 Å². The van der Waals surface area contributed by atoms with Crippen LogP contribution in [0.4, 0.5) is 8.78 Å². The summed E-state index contributed by atoms with van der Waals surface area (Å²) in [5.41, 5.74) is 2.58. The van der Waals surface area contributed by atoms with Crippen LogP contribution in [0.2, 0.25) is 0 Å². The van der Waals surface area contributed by atoms with E-state index in [9.17, 15) is 8.78 Å². The number of aryl methyl sites for hydroxylation is 2. The third kappa shape index (κ3) is 3.88. The predicted molar refractivity (Wildman–Crippen MR) is 82.3 cm³/mol. The second-order valence-electron chi connectivity index (χ2n) is 5.21. The Morgan fingerprint density at radius 2 is 1.67 bits per heavy atom. The van der Waals surface area contributed by atoms with Crippen LogP contribution in [0.5, 0.6) is 0 Å². The molecule has 2 aromatic rings. The average molecular weight is 289 g/mol. The van der Waals surface area contributed by atoms with Gasteiger partial charge < -0.3 is 5.32 Å². The third-order valence-electron chi connectivity index (χ3n) is 3.76. The molecule has 1 nitrogen and oxygen atoms in total. The van der Waals surface area contributed by atoms with E-state index in [4.69, 9.17) is 0 Å². The summed E-state index contributed by atoms with van der Waals surface area (Å²) in [7, 11) is 0. The fourth-order valence-corrected chi connectivity index (χ4v) is 2.63. The molecule has 1 atom stereocenters. The molecule has 2 aromatic carbocycles. The Kier molecular flexibility index (Phi) is 5.45. The first-order chi connectivity index (χ1) is 10.1. The summed E-state index contributed by atoms with van der Waals surface area (Å²) in [4.78, 5) is 0. The standard InChI is InChI=1S/C18H21F2N/c1-3-21-17(18-15(19)9-6-10-16(18)20)12-11-14-8-5-4-7-13(14)2/h4-10,17,21H,3,11-12H2,1-2H3. The van der Waals surface area contributed by atoms with E-state index in [-0.39, 0.29) is 11.6 Å². The highest BCUT2D eigenvalue weighted by Crippen LogP contribution is 2.25. The molecular weight excluding hydrogens is 268 g/mol. The van der Waals surface area contributed by atoms with Crippen molar-refractivity contribution >= 4 is 0 Å². The zero-order chi connectivity index (χ0) is 15.2. The lowest BCUT2D eigenvalue weighted by atomic mass is 9.96. The van der Waals surface area contributed by atoms with E-state index in [1.54, 1.807) is 0 Å². The van der Waals surface area contributed by atoms with E-state index in [0.29, 0.717) is 13.0 Å². The van der Waals surface area contributed by atoms with Gasteiger partial charge >= 0.3 is 0 Å². The van der Waals surface area contributed by atoms with Crippen molar-refractivity contribution in [1.82, 2.24) is 5.32 Å². The van der Waals surface area contributed by atoms with Gasteiger partial charge in [-0.2, -0.15) is 0 Å². The van der Waals surface area contributed by atoms with Crippen molar-refractivity contribution in [1.29, 1.82) is 0 Å². The molecule has 0 fully saturated rings. The number of hydrogen-bond acceptors (Lipinski definition) is 1. The summed E-state index contributed by atoms with van der Waals surface area (Å²) in [5, 5.41) is 3.19. The SMILES string of the molecule is CCNC(CCc1ccccc1C)c1c(F)cccc1F. The van der Waals surface area contributed by atoms with Gasteiger partial charge in [-0.15, -0.1) is 0 Å². The van der Waals surface area contributed by atoms with E-state index < -0.39 is 11.6 Å². The van der Waals surface area contributed by atoms with Crippen LogP contribution >= 0.6 is 0 Å². The Bertz CT molecular complexity index is 575. The Morgan fingerprint density at radius 3 is 2.29 bits per heavy atom. The highest BCUT2D eigenvalue weighted by Gasteiger charge is 2.19. The first-order valence-corrected chi connectivity index (χ1v) is 7.35. The molecule has 0 aliphatic rings. The van der Waals surface area contributed by atoms with Crippen molar-refractivity contribution in [2.24, 2.45) is 0 Å². The quantitative estimate of drug-likeness (QED) is 0.822. The van der Waals surface area contributed by atoms with Gasteiger partial charge in [-0.3, -0.25) is 0 Å². The van der Waals surface area contributed by atoms with Crippen molar-refractivity contribution in [3.05, 3.63) is 70.8 Å². The lowest BCUT2D eigenvalue weighted by molar-refractivity contribution is 0.454. The lowest BCUT2D eigenvalue weighted by Crippen LogP contribution is -2.23. The average Bonchev–Trinajstić information content (AvgIpc) is 2.46. The summed E-state index contributed by atoms with van der Waals surface area (Å²) in [6.45, 7) is 4.67. The van der Waals surface area contributed by atoms with E-state index in [1.165, 1.54) is 29.3 Å². The van der Waals surface area contributed by atoms with Crippen LogP contribution in [-0.4, -0.2) is 6.54 Å². The van der Waals surface area contributed by atoms with E-state index in [1.807, 2.05) is 19.1 Å². The summed E-state index contributed by atoms with van der Waals surface area (Å²) in [5.74, 6) is -0.962. The summed E-state index contributed by atoms with van der Waals surface area (Å²) in [6.07, 6.45) is 1.45. The molecule has 0 bridgehead atoms. The lowest BCUT2D eigenvalue weighted by Gasteiger charge is -2.20. The highest BCUT2D eigenvalue weighted by atomic mass is 19.1. The zero-order valence-electron chi connectivity index (χ0n) is 12.5. The fraction of sp³-hybridized carbons (Fsp3) is 0.333. The first-order valence-electron chi connectivity index (χ1n) is 7.35. The molecule has 0 aromatic heterocycles. The highest BCUT2D eigenvalue weighted by molar-refractivity contribution is 5.27. The van der Waals surface area contributed by atoms with Crippen molar-refractivity contribution in [3.8, 4) is 0 Å². The van der Waals surface area contributed by atoms with Gasteiger partial charge in [0.2, 0.25) is 0 Å². The Morgan fingerprint density at radius 1 is 1.00 bits per heavy atom. The summed E-state index contributed by atoms with van der Waals surface area (Å²) >= 11 is 0. The van der Waals surface area contributed by atoms with E-state index in [2.05, 4.69) is 24.4 Å². The fourth-order valence-electron chi connectivity index (χ4n) is 2.63. The third-order valence-corrected chi connectivity index (χ3v) is 3.76. The van der Waals surface area contributed by atoms with Crippen molar-refractivity contribution < 1.29 is 8.78 Å². The molecule has 2 rings (SSSR count). The smallest absolute Gasteiger partial charge is 0.130 e. The first kappa shape index (κ1) is 15.6. The number of benzene rings is 2. The van der Waals surface area contributed by atoms with Crippen LogP contribution in [-0.2, 0) is 6.42 Å². The number of halogens is 2. The Balaban J connectivity index is 2.18. The maximum atomic E-state index is 13.9. The zero-order valence-corrected chi connectivity index (χ0v) is 12.5. The van der Waals surface area contributed by atoms with Gasteiger partial charge in [0, 0.05) is 11.6 Å². The van der Waals surface area contributed by atoms with Crippen LogP contribution < -0.4 is 5.32 Å². The molecule has 112 valence electrons. The topological polar surface area (TPSA) is 12.0 Å². The number of rotatable bonds is 6. The molecule has 0 saturated carbocycles. The normalized spacial score (nSPS) is 12.4. The number of nitrogens with one attached hydrogen (secondary N) is 1. The molecule has 0 radical (unpaired) electrons. The summed E-state index contributed by atoms with van der Waals surface area (Å²) < 4.78 is 27.9.